The second kappa shape index (κ2) is 12.3. The maximum absolute atomic E-state index is 12.8. The Bertz CT molecular complexity index is 1750. The smallest absolute Gasteiger partial charge is 0.480 e. The monoisotopic (exact) mass is 590 g/mol. The summed E-state index contributed by atoms with van der Waals surface area (Å²) in [6.07, 6.45) is -3.12. The molecule has 0 amide bonds. The van der Waals surface area contributed by atoms with E-state index < -0.39 is 6.36 Å². The number of hydrogen-bond acceptors (Lipinski definition) is 8. The molecule has 43 heavy (non-hydrogen) atoms. The third-order valence-corrected chi connectivity index (χ3v) is 7.06. The molecule has 1 fully saturated rings. The number of nitrogens with zero attached hydrogens (tertiary/aromatic N) is 5. The fraction of sp³-hybridized carbons (Fsp3) is 0.258. The van der Waals surface area contributed by atoms with Crippen LogP contribution in [0.1, 0.15) is 0 Å². The lowest BCUT2D eigenvalue weighted by Crippen LogP contribution is -2.38. The molecule has 0 spiro atoms. The number of nitrogens with one attached hydrogen (secondary N) is 1. The molecule has 0 atom stereocenters. The number of ether oxygens (including phenoxy) is 3. The van der Waals surface area contributed by atoms with Crippen molar-refractivity contribution >= 4 is 22.4 Å². The van der Waals surface area contributed by atoms with E-state index in [0.29, 0.717) is 59.3 Å². The van der Waals surface area contributed by atoms with Crippen LogP contribution in [0.2, 0.25) is 0 Å². The van der Waals surface area contributed by atoms with Crippen LogP contribution in [0, 0.1) is 0 Å². The van der Waals surface area contributed by atoms with E-state index in [0.717, 1.165) is 30.8 Å². The molecule has 0 saturated carbocycles. The van der Waals surface area contributed by atoms with Gasteiger partial charge in [0.25, 0.3) is 0 Å². The lowest BCUT2D eigenvalue weighted by atomic mass is 10.1. The highest BCUT2D eigenvalue weighted by Gasteiger charge is 2.31. The third kappa shape index (κ3) is 6.55. The van der Waals surface area contributed by atoms with Gasteiger partial charge in [-0.15, -0.1) is 13.2 Å². The van der Waals surface area contributed by atoms with Gasteiger partial charge in [-0.05, 0) is 60.7 Å². The van der Waals surface area contributed by atoms with Crippen LogP contribution in [-0.4, -0.2) is 72.3 Å². The maximum atomic E-state index is 12.8. The number of anilines is 2. The van der Waals surface area contributed by atoms with Crippen LogP contribution in [0.25, 0.3) is 28.1 Å². The number of fused-ring (bicyclic) bond motifs is 2. The molecule has 3 aromatic rings. The van der Waals surface area contributed by atoms with Crippen LogP contribution in [-0.2, 0) is 4.74 Å². The number of para-hydroxylation sites is 2. The highest BCUT2D eigenvalue weighted by atomic mass is 19.4. The summed E-state index contributed by atoms with van der Waals surface area (Å²) in [6, 6.07) is 20.9. The van der Waals surface area contributed by atoms with Crippen molar-refractivity contribution in [2.45, 2.75) is 6.36 Å². The summed E-state index contributed by atoms with van der Waals surface area (Å²) < 4.78 is 55.4. The zero-order valence-corrected chi connectivity index (χ0v) is 23.3. The van der Waals surface area contributed by atoms with Crippen molar-refractivity contribution in [3.63, 3.8) is 0 Å². The molecule has 0 bridgehead atoms. The number of halogens is 3. The Morgan fingerprint density at radius 1 is 0.977 bits per heavy atom. The van der Waals surface area contributed by atoms with Crippen LogP contribution in [0.5, 0.6) is 11.6 Å². The molecule has 9 nitrogen and oxygen atoms in total. The average molecular weight is 591 g/mol. The Balaban J connectivity index is 1.49. The summed E-state index contributed by atoms with van der Waals surface area (Å²) in [4.78, 5) is 16.5. The van der Waals surface area contributed by atoms with Crippen molar-refractivity contribution in [2.24, 2.45) is 4.99 Å². The number of benzene rings is 3. The first kappa shape index (κ1) is 28.4. The molecule has 3 aliphatic rings. The van der Waals surface area contributed by atoms with Crippen molar-refractivity contribution in [3.05, 3.63) is 84.4 Å². The summed E-state index contributed by atoms with van der Waals surface area (Å²) in [5.74, 6) is 0.139. The minimum absolute atomic E-state index is 0.296. The molecule has 1 aromatic heterocycles. The molecule has 0 unspecified atom stereocenters. The Morgan fingerprint density at radius 3 is 2.53 bits per heavy atom. The first-order valence-electron chi connectivity index (χ1n) is 13.8. The minimum atomic E-state index is -4.78. The maximum Gasteiger partial charge on any atom is 0.573 e. The van der Waals surface area contributed by atoms with Gasteiger partial charge in [-0.3, -0.25) is 9.89 Å². The first-order valence-corrected chi connectivity index (χ1v) is 13.8. The predicted octanol–water partition coefficient (Wildman–Crippen LogP) is 5.41. The topological polar surface area (TPSA) is 86.0 Å². The Hall–Kier alpha value is -4.68. The van der Waals surface area contributed by atoms with Crippen LogP contribution in [0.15, 0.2) is 84.0 Å². The summed E-state index contributed by atoms with van der Waals surface area (Å²) in [5, 5.41) is 4.11. The highest BCUT2D eigenvalue weighted by Crippen LogP contribution is 2.32. The summed E-state index contributed by atoms with van der Waals surface area (Å²) in [5.41, 5.74) is 4.92. The third-order valence-electron chi connectivity index (χ3n) is 7.06. The SMILES string of the molecule is COc1ncccc1Nc1cc2nc3ccccc3n(-c3ccc(OC(F)(F)F)cc3)c-2cc1=NCCN1CCOCC1. The number of aromatic nitrogens is 3. The molecule has 0 radical (unpaired) electrons. The van der Waals surface area contributed by atoms with Gasteiger partial charge in [-0.25, -0.2) is 9.97 Å². The molecule has 6 rings (SSSR count). The van der Waals surface area contributed by atoms with E-state index in [2.05, 4.69) is 19.9 Å². The molecular formula is C31H29F3N6O3. The molecule has 12 heteroatoms. The number of alkyl halides is 3. The van der Waals surface area contributed by atoms with Gasteiger partial charge in [0.05, 0.1) is 60.3 Å². The van der Waals surface area contributed by atoms with E-state index in [1.54, 1.807) is 25.4 Å². The number of pyridine rings is 1. The lowest BCUT2D eigenvalue weighted by molar-refractivity contribution is -0.274. The van der Waals surface area contributed by atoms with Gasteiger partial charge < -0.3 is 24.1 Å². The molecule has 2 aliphatic heterocycles. The molecular weight excluding hydrogens is 561 g/mol. The van der Waals surface area contributed by atoms with E-state index in [9.17, 15) is 13.2 Å². The van der Waals surface area contributed by atoms with Crippen LogP contribution in [0.4, 0.5) is 24.5 Å². The second-order valence-corrected chi connectivity index (χ2v) is 9.86. The van der Waals surface area contributed by atoms with E-state index in [1.165, 1.54) is 12.1 Å². The van der Waals surface area contributed by atoms with Crippen molar-refractivity contribution in [1.29, 1.82) is 0 Å². The second-order valence-electron chi connectivity index (χ2n) is 9.86. The zero-order valence-electron chi connectivity index (χ0n) is 23.3. The Kier molecular flexibility index (Phi) is 8.12. The van der Waals surface area contributed by atoms with Crippen molar-refractivity contribution < 1.29 is 27.4 Å². The largest absolute Gasteiger partial charge is 0.573 e. The lowest BCUT2D eigenvalue weighted by Gasteiger charge is -2.25. The fourth-order valence-electron chi connectivity index (χ4n) is 5.08. The van der Waals surface area contributed by atoms with E-state index in [-0.39, 0.29) is 5.75 Å². The molecule has 2 aromatic carbocycles. The fourth-order valence-corrected chi connectivity index (χ4v) is 5.08. The zero-order chi connectivity index (χ0) is 29.8. The molecule has 1 aliphatic carbocycles. The van der Waals surface area contributed by atoms with Crippen LogP contribution < -0.4 is 20.1 Å². The van der Waals surface area contributed by atoms with E-state index >= 15 is 0 Å². The normalized spacial score (nSPS) is 14.7. The first-order chi connectivity index (χ1) is 20.9. The summed E-state index contributed by atoms with van der Waals surface area (Å²) in [6.45, 7) is 4.44. The predicted molar refractivity (Wildman–Crippen MR) is 156 cm³/mol. The van der Waals surface area contributed by atoms with Gasteiger partial charge >= 0.3 is 6.36 Å². The standard InChI is InChI=1S/C31H29F3N6O3/c1-41-30-24(6-4-12-36-30)38-26-19-27-29(20-25(26)35-13-14-39-15-17-42-18-16-39)40(28-7-3-2-5-23(28)37-27)21-8-10-22(11-9-21)43-31(32,33)34/h2-12,19-20,38H,13-18H2,1H3. The van der Waals surface area contributed by atoms with Gasteiger partial charge in [0.2, 0.25) is 5.88 Å². The Morgan fingerprint density at radius 2 is 1.77 bits per heavy atom. The summed E-state index contributed by atoms with van der Waals surface area (Å²) in [7, 11) is 1.56. The van der Waals surface area contributed by atoms with Gasteiger partial charge in [0.1, 0.15) is 11.4 Å². The average Bonchev–Trinajstić information content (AvgIpc) is 3.01. The minimum Gasteiger partial charge on any atom is -0.480 e. The van der Waals surface area contributed by atoms with Crippen molar-refractivity contribution in [3.8, 4) is 28.7 Å². The molecule has 1 N–H and O–H groups in total. The van der Waals surface area contributed by atoms with E-state index in [4.69, 9.17) is 19.5 Å². The summed E-state index contributed by atoms with van der Waals surface area (Å²) >= 11 is 0. The highest BCUT2D eigenvalue weighted by molar-refractivity contribution is 5.84. The van der Waals surface area contributed by atoms with Gasteiger partial charge in [-0.2, -0.15) is 0 Å². The molecule has 222 valence electrons. The van der Waals surface area contributed by atoms with Crippen molar-refractivity contribution in [2.75, 3.05) is 51.8 Å². The number of morpholine rings is 1. The number of rotatable bonds is 8. The quantitative estimate of drug-likeness (QED) is 0.242. The Labute approximate surface area is 245 Å². The molecule has 3 heterocycles. The number of methoxy groups -OCH3 is 1. The van der Waals surface area contributed by atoms with Crippen LogP contribution in [0.3, 0.4) is 0 Å². The molecule has 1 saturated heterocycles. The van der Waals surface area contributed by atoms with Gasteiger partial charge in [-0.1, -0.05) is 12.1 Å². The van der Waals surface area contributed by atoms with Gasteiger partial charge in [0, 0.05) is 31.5 Å². The van der Waals surface area contributed by atoms with E-state index in [1.807, 2.05) is 53.1 Å². The van der Waals surface area contributed by atoms with Crippen LogP contribution >= 0.6 is 0 Å². The number of hydrogen-bond donors (Lipinski definition) is 1. The van der Waals surface area contributed by atoms with Gasteiger partial charge in [0.15, 0.2) is 0 Å². The van der Waals surface area contributed by atoms with Crippen molar-refractivity contribution in [1.82, 2.24) is 19.4 Å².